The van der Waals surface area contributed by atoms with E-state index >= 15 is 0 Å². The van der Waals surface area contributed by atoms with Crippen LogP contribution in [0.25, 0.3) is 0 Å². The van der Waals surface area contributed by atoms with Gasteiger partial charge in [-0.1, -0.05) is 6.07 Å². The number of aryl methyl sites for hydroxylation is 1. The van der Waals surface area contributed by atoms with Crippen molar-refractivity contribution in [2.75, 3.05) is 18.2 Å². The Labute approximate surface area is 104 Å². The van der Waals surface area contributed by atoms with Gasteiger partial charge in [0.2, 0.25) is 0 Å². The molecule has 1 unspecified atom stereocenters. The number of carbonyl (C=O) groups is 1. The molecule has 0 aliphatic carbocycles. The monoisotopic (exact) mass is 271 g/mol. The number of carboxylic acid groups (broad SMARTS) is 1. The van der Waals surface area contributed by atoms with Crippen molar-refractivity contribution in [2.24, 2.45) is 0 Å². The predicted molar refractivity (Wildman–Crippen MR) is 64.8 cm³/mol. The molecule has 0 amide bonds. The summed E-state index contributed by atoms with van der Waals surface area (Å²) in [6.07, 6.45) is 0. The van der Waals surface area contributed by atoms with Crippen molar-refractivity contribution in [1.29, 1.82) is 0 Å². The van der Waals surface area contributed by atoms with Crippen LogP contribution in [-0.2, 0) is 14.6 Å². The molecule has 1 atom stereocenters. The maximum absolute atomic E-state index is 12.1. The number of benzene rings is 1. The number of fused-ring (bicyclic) bond motifs is 1. The van der Waals surface area contributed by atoms with Crippen molar-refractivity contribution < 1.29 is 23.1 Å². The van der Waals surface area contributed by atoms with E-state index in [-0.39, 0.29) is 10.6 Å². The van der Waals surface area contributed by atoms with Crippen molar-refractivity contribution >= 4 is 21.5 Å². The van der Waals surface area contributed by atoms with Gasteiger partial charge in [0.25, 0.3) is 0 Å². The van der Waals surface area contributed by atoms with E-state index < -0.39 is 27.6 Å². The summed E-state index contributed by atoms with van der Waals surface area (Å²) in [7, 11) is -2.22. The predicted octanol–water partition coefficient (Wildman–Crippen LogP) is 0.656. The van der Waals surface area contributed by atoms with Crippen LogP contribution in [-0.4, -0.2) is 38.4 Å². The molecule has 1 heterocycles. The molecule has 1 aromatic rings. The van der Waals surface area contributed by atoms with Gasteiger partial charge in [-0.25, -0.2) is 13.2 Å². The zero-order valence-corrected chi connectivity index (χ0v) is 10.7. The van der Waals surface area contributed by atoms with E-state index in [1.807, 2.05) is 0 Å². The summed E-state index contributed by atoms with van der Waals surface area (Å²) in [6, 6.07) is 2.09. The SMILES string of the molecule is COc1ccc(C)c2c1NC(C(=O)O)CS2(=O)=O. The third kappa shape index (κ3) is 1.90. The lowest BCUT2D eigenvalue weighted by Gasteiger charge is -2.26. The average molecular weight is 271 g/mol. The number of ether oxygens (including phenoxy) is 1. The minimum absolute atomic E-state index is 0.124. The lowest BCUT2D eigenvalue weighted by Crippen LogP contribution is -2.40. The Morgan fingerprint density at radius 2 is 2.17 bits per heavy atom. The highest BCUT2D eigenvalue weighted by molar-refractivity contribution is 7.91. The minimum Gasteiger partial charge on any atom is -0.495 e. The van der Waals surface area contributed by atoms with Gasteiger partial charge < -0.3 is 15.2 Å². The maximum Gasteiger partial charge on any atom is 0.327 e. The lowest BCUT2D eigenvalue weighted by atomic mass is 10.2. The molecule has 2 N–H and O–H groups in total. The highest BCUT2D eigenvalue weighted by Crippen LogP contribution is 2.38. The molecule has 0 saturated heterocycles. The number of anilines is 1. The van der Waals surface area contributed by atoms with Crippen LogP contribution in [0, 0.1) is 6.92 Å². The molecule has 6 nitrogen and oxygen atoms in total. The normalized spacial score (nSPS) is 20.7. The van der Waals surface area contributed by atoms with Crippen molar-refractivity contribution in [2.45, 2.75) is 17.9 Å². The standard InChI is InChI=1S/C11H13NO5S/c1-6-3-4-8(17-2)9-10(6)18(15,16)5-7(12-9)11(13)14/h3-4,7,12H,5H2,1-2H3,(H,13,14). The van der Waals surface area contributed by atoms with Crippen molar-refractivity contribution in [3.05, 3.63) is 17.7 Å². The Bertz CT molecular complexity index is 608. The molecular formula is C11H13NO5S. The number of hydrogen-bond donors (Lipinski definition) is 2. The van der Waals surface area contributed by atoms with Crippen LogP contribution in [0.3, 0.4) is 0 Å². The van der Waals surface area contributed by atoms with Gasteiger partial charge >= 0.3 is 5.97 Å². The van der Waals surface area contributed by atoms with Crippen LogP contribution >= 0.6 is 0 Å². The van der Waals surface area contributed by atoms with Gasteiger partial charge in [-0.05, 0) is 18.6 Å². The van der Waals surface area contributed by atoms with Gasteiger partial charge in [0.05, 0.1) is 23.4 Å². The summed E-state index contributed by atoms with van der Waals surface area (Å²) in [5.41, 5.74) is 0.804. The molecule has 0 bridgehead atoms. The van der Waals surface area contributed by atoms with E-state index in [1.165, 1.54) is 7.11 Å². The number of methoxy groups -OCH3 is 1. The number of rotatable bonds is 2. The average Bonchev–Trinajstić information content (AvgIpc) is 2.27. The molecule has 1 aliphatic rings. The molecule has 2 rings (SSSR count). The number of sulfone groups is 1. The molecule has 0 fully saturated rings. The second-order valence-corrected chi connectivity index (χ2v) is 6.08. The van der Waals surface area contributed by atoms with Crippen molar-refractivity contribution in [1.82, 2.24) is 0 Å². The zero-order valence-electron chi connectivity index (χ0n) is 9.93. The molecular weight excluding hydrogens is 258 g/mol. The van der Waals surface area contributed by atoms with Gasteiger partial charge in [0.15, 0.2) is 9.84 Å². The van der Waals surface area contributed by atoms with E-state index in [4.69, 9.17) is 9.84 Å². The summed E-state index contributed by atoms with van der Waals surface area (Å²) in [6.45, 7) is 1.67. The van der Waals surface area contributed by atoms with E-state index in [0.29, 0.717) is 11.3 Å². The largest absolute Gasteiger partial charge is 0.495 e. The fraction of sp³-hybridized carbons (Fsp3) is 0.364. The minimum atomic E-state index is -3.62. The van der Waals surface area contributed by atoms with Crippen LogP contribution in [0.5, 0.6) is 5.75 Å². The fourth-order valence-electron chi connectivity index (χ4n) is 2.03. The maximum atomic E-state index is 12.1. The summed E-state index contributed by atoms with van der Waals surface area (Å²) < 4.78 is 29.3. The quantitative estimate of drug-likeness (QED) is 0.820. The second-order valence-electron chi connectivity index (χ2n) is 4.11. The molecule has 0 spiro atoms. The Balaban J connectivity index is 2.69. The van der Waals surface area contributed by atoms with Crippen LogP contribution in [0.2, 0.25) is 0 Å². The van der Waals surface area contributed by atoms with Crippen LogP contribution in [0.4, 0.5) is 5.69 Å². The number of nitrogens with one attached hydrogen (secondary N) is 1. The second kappa shape index (κ2) is 4.16. The summed E-state index contributed by atoms with van der Waals surface area (Å²) in [4.78, 5) is 11.1. The first-order valence-electron chi connectivity index (χ1n) is 5.26. The fourth-order valence-corrected chi connectivity index (χ4v) is 3.89. The molecule has 0 radical (unpaired) electrons. The Kier molecular flexibility index (Phi) is 2.94. The first-order valence-corrected chi connectivity index (χ1v) is 6.91. The molecule has 0 saturated carbocycles. The van der Waals surface area contributed by atoms with E-state index in [9.17, 15) is 13.2 Å². The van der Waals surface area contributed by atoms with Gasteiger partial charge in [-0.3, -0.25) is 0 Å². The highest BCUT2D eigenvalue weighted by atomic mass is 32.2. The van der Waals surface area contributed by atoms with Crippen molar-refractivity contribution in [3.63, 3.8) is 0 Å². The van der Waals surface area contributed by atoms with Gasteiger partial charge in [-0.15, -0.1) is 0 Å². The summed E-state index contributed by atoms with van der Waals surface area (Å²) >= 11 is 0. The molecule has 98 valence electrons. The van der Waals surface area contributed by atoms with E-state index in [2.05, 4.69) is 5.32 Å². The van der Waals surface area contributed by atoms with Gasteiger partial charge in [0.1, 0.15) is 11.8 Å². The lowest BCUT2D eigenvalue weighted by molar-refractivity contribution is -0.137. The molecule has 1 aromatic carbocycles. The summed E-state index contributed by atoms with van der Waals surface area (Å²) in [5, 5.41) is 11.7. The van der Waals surface area contributed by atoms with Crippen molar-refractivity contribution in [3.8, 4) is 5.75 Å². The molecule has 18 heavy (non-hydrogen) atoms. The topological polar surface area (TPSA) is 92.7 Å². The first-order chi connectivity index (χ1) is 8.36. The van der Waals surface area contributed by atoms with Crippen LogP contribution in [0.1, 0.15) is 5.56 Å². The smallest absolute Gasteiger partial charge is 0.327 e. The van der Waals surface area contributed by atoms with Gasteiger partial charge in [0, 0.05) is 0 Å². The Morgan fingerprint density at radius 1 is 1.50 bits per heavy atom. The Morgan fingerprint density at radius 3 is 2.72 bits per heavy atom. The molecule has 1 aliphatic heterocycles. The highest BCUT2D eigenvalue weighted by Gasteiger charge is 2.36. The molecule has 7 heteroatoms. The van der Waals surface area contributed by atoms with E-state index in [1.54, 1.807) is 19.1 Å². The summed E-state index contributed by atoms with van der Waals surface area (Å²) in [5.74, 6) is -1.33. The number of carboxylic acids is 1. The van der Waals surface area contributed by atoms with Gasteiger partial charge in [-0.2, -0.15) is 0 Å². The third-order valence-electron chi connectivity index (χ3n) is 2.85. The van der Waals surface area contributed by atoms with E-state index in [0.717, 1.165) is 0 Å². The first kappa shape index (κ1) is 12.7. The zero-order chi connectivity index (χ0) is 13.5. The van der Waals surface area contributed by atoms with Crippen LogP contribution < -0.4 is 10.1 Å². The Hall–Kier alpha value is -1.76. The molecule has 0 aromatic heterocycles. The third-order valence-corrected chi connectivity index (χ3v) is 4.77. The number of aliphatic carboxylic acids is 1. The number of hydrogen-bond acceptors (Lipinski definition) is 5. The van der Waals surface area contributed by atoms with Crippen LogP contribution in [0.15, 0.2) is 17.0 Å².